The van der Waals surface area contributed by atoms with Crippen LogP contribution in [-0.4, -0.2) is 27.0 Å². The van der Waals surface area contributed by atoms with Crippen molar-refractivity contribution in [3.8, 4) is 11.5 Å². The van der Waals surface area contributed by atoms with Crippen molar-refractivity contribution in [3.63, 3.8) is 0 Å². The maximum absolute atomic E-state index is 12.8. The number of nitrogens with zero attached hydrogens (tertiary/aromatic N) is 3. The van der Waals surface area contributed by atoms with Crippen LogP contribution in [0.15, 0.2) is 57.4 Å². The minimum Gasteiger partial charge on any atom is -0.461 e. The average molecular weight is 391 g/mol. The van der Waals surface area contributed by atoms with Crippen molar-refractivity contribution < 1.29 is 13.6 Å². The SMILES string of the molecule is CC(C)N(Cc1nnc(-c2ccccc2)o1)C(=O)/C=C/c1ccc([C@@H]2C[C@H]2C)o1. The van der Waals surface area contributed by atoms with Crippen LogP contribution in [0.5, 0.6) is 0 Å². The number of aromatic nitrogens is 2. The number of carbonyl (C=O) groups is 1. The number of rotatable bonds is 7. The molecule has 0 saturated heterocycles. The highest BCUT2D eigenvalue weighted by Crippen LogP contribution is 2.47. The van der Waals surface area contributed by atoms with Crippen LogP contribution in [0, 0.1) is 5.92 Å². The molecule has 2 heterocycles. The summed E-state index contributed by atoms with van der Waals surface area (Å²) in [5.41, 5.74) is 0.854. The van der Waals surface area contributed by atoms with Crippen molar-refractivity contribution in [2.75, 3.05) is 0 Å². The van der Waals surface area contributed by atoms with Gasteiger partial charge in [0.15, 0.2) is 0 Å². The van der Waals surface area contributed by atoms with Crippen LogP contribution in [-0.2, 0) is 11.3 Å². The van der Waals surface area contributed by atoms with E-state index in [0.29, 0.717) is 29.4 Å². The molecule has 1 aromatic carbocycles. The minimum absolute atomic E-state index is 0.0151. The van der Waals surface area contributed by atoms with Gasteiger partial charge in [-0.25, -0.2) is 0 Å². The second kappa shape index (κ2) is 8.07. The van der Waals surface area contributed by atoms with Gasteiger partial charge < -0.3 is 13.7 Å². The first-order valence-electron chi connectivity index (χ1n) is 9.97. The van der Waals surface area contributed by atoms with Crippen LogP contribution in [0.2, 0.25) is 0 Å². The van der Waals surface area contributed by atoms with Gasteiger partial charge in [-0.05, 0) is 56.5 Å². The molecule has 1 aliphatic rings. The highest BCUT2D eigenvalue weighted by molar-refractivity contribution is 5.91. The lowest BCUT2D eigenvalue weighted by molar-refractivity contribution is -0.128. The molecule has 2 atom stereocenters. The Bertz CT molecular complexity index is 1000. The summed E-state index contributed by atoms with van der Waals surface area (Å²) in [6.07, 6.45) is 4.43. The van der Waals surface area contributed by atoms with Crippen LogP contribution in [0.4, 0.5) is 0 Å². The Hall–Kier alpha value is -3.15. The predicted octanol–water partition coefficient (Wildman–Crippen LogP) is 4.90. The summed E-state index contributed by atoms with van der Waals surface area (Å²) in [6.45, 7) is 6.39. The van der Waals surface area contributed by atoms with Crippen LogP contribution in [0.25, 0.3) is 17.5 Å². The van der Waals surface area contributed by atoms with E-state index in [4.69, 9.17) is 8.83 Å². The first-order valence-corrected chi connectivity index (χ1v) is 9.97. The zero-order valence-electron chi connectivity index (χ0n) is 16.9. The molecule has 1 amide bonds. The summed E-state index contributed by atoms with van der Waals surface area (Å²) in [6, 6.07) is 13.5. The molecule has 150 valence electrons. The molecule has 6 nitrogen and oxygen atoms in total. The summed E-state index contributed by atoms with van der Waals surface area (Å²) < 4.78 is 11.6. The summed E-state index contributed by atoms with van der Waals surface area (Å²) >= 11 is 0. The summed E-state index contributed by atoms with van der Waals surface area (Å²) in [5, 5.41) is 8.19. The van der Waals surface area contributed by atoms with Gasteiger partial charge in [-0.2, -0.15) is 0 Å². The number of amides is 1. The Balaban J connectivity index is 1.42. The zero-order chi connectivity index (χ0) is 20.4. The molecule has 0 unspecified atom stereocenters. The van der Waals surface area contributed by atoms with Crippen molar-refractivity contribution in [1.82, 2.24) is 15.1 Å². The average Bonchev–Trinajstić information content (AvgIpc) is 3.13. The fraction of sp³-hybridized carbons (Fsp3) is 0.348. The van der Waals surface area contributed by atoms with Crippen molar-refractivity contribution >= 4 is 12.0 Å². The zero-order valence-corrected chi connectivity index (χ0v) is 16.9. The van der Waals surface area contributed by atoms with Gasteiger partial charge in [-0.1, -0.05) is 25.1 Å². The lowest BCUT2D eigenvalue weighted by atomic mass is 10.2. The first kappa shape index (κ1) is 19.2. The predicted molar refractivity (Wildman–Crippen MR) is 110 cm³/mol. The molecular formula is C23H25N3O3. The van der Waals surface area contributed by atoms with Gasteiger partial charge in [-0.3, -0.25) is 4.79 Å². The fourth-order valence-electron chi connectivity index (χ4n) is 3.30. The van der Waals surface area contributed by atoms with Crippen LogP contribution in [0.1, 0.15) is 50.5 Å². The lowest BCUT2D eigenvalue weighted by Crippen LogP contribution is -2.35. The first-order chi connectivity index (χ1) is 14.0. The Morgan fingerprint density at radius 2 is 1.93 bits per heavy atom. The van der Waals surface area contributed by atoms with Crippen LogP contribution in [0.3, 0.4) is 0 Å². The quantitative estimate of drug-likeness (QED) is 0.536. The number of hydrogen-bond acceptors (Lipinski definition) is 5. The van der Waals surface area contributed by atoms with E-state index < -0.39 is 0 Å². The maximum Gasteiger partial charge on any atom is 0.247 e. The highest BCUT2D eigenvalue weighted by Gasteiger charge is 2.36. The number of carbonyl (C=O) groups excluding carboxylic acids is 1. The van der Waals surface area contributed by atoms with E-state index in [2.05, 4.69) is 17.1 Å². The van der Waals surface area contributed by atoms with Gasteiger partial charge in [0, 0.05) is 23.6 Å². The molecule has 0 aliphatic heterocycles. The van der Waals surface area contributed by atoms with Gasteiger partial charge in [0.2, 0.25) is 17.7 Å². The highest BCUT2D eigenvalue weighted by atomic mass is 16.4. The van der Waals surface area contributed by atoms with Crippen molar-refractivity contribution in [2.45, 2.75) is 45.7 Å². The number of benzene rings is 1. The molecule has 1 fully saturated rings. The Labute approximate surface area is 170 Å². The smallest absolute Gasteiger partial charge is 0.247 e. The molecule has 6 heteroatoms. The van der Waals surface area contributed by atoms with E-state index in [1.165, 1.54) is 12.5 Å². The second-order valence-electron chi connectivity index (χ2n) is 7.82. The molecule has 1 aliphatic carbocycles. The number of furan rings is 1. The lowest BCUT2D eigenvalue weighted by Gasteiger charge is -2.23. The molecule has 4 rings (SSSR count). The largest absolute Gasteiger partial charge is 0.461 e. The summed E-state index contributed by atoms with van der Waals surface area (Å²) in [7, 11) is 0. The molecule has 3 aromatic rings. The standard InChI is InChI=1S/C23H25N3O3/c1-15(2)26(14-21-24-25-23(29-21)17-7-5-4-6-8-17)22(27)12-10-18-9-11-20(28-18)19-13-16(19)3/h4-12,15-16,19H,13-14H2,1-3H3/b12-10+/t16-,19-/m1/s1. The Kier molecular flexibility index (Phi) is 5.34. The summed E-state index contributed by atoms with van der Waals surface area (Å²) in [5.74, 6) is 3.64. The summed E-state index contributed by atoms with van der Waals surface area (Å²) in [4.78, 5) is 14.4. The molecule has 0 spiro atoms. The van der Waals surface area contributed by atoms with Crippen LogP contribution < -0.4 is 0 Å². The van der Waals surface area contributed by atoms with Gasteiger partial charge in [0.1, 0.15) is 11.5 Å². The fourth-order valence-corrected chi connectivity index (χ4v) is 3.30. The van der Waals surface area contributed by atoms with E-state index in [1.807, 2.05) is 56.3 Å². The molecular weight excluding hydrogens is 366 g/mol. The van der Waals surface area contributed by atoms with Crippen molar-refractivity contribution in [1.29, 1.82) is 0 Å². The molecule has 1 saturated carbocycles. The monoisotopic (exact) mass is 391 g/mol. The second-order valence-corrected chi connectivity index (χ2v) is 7.82. The molecule has 2 aromatic heterocycles. The van der Waals surface area contributed by atoms with E-state index in [0.717, 1.165) is 11.3 Å². The third kappa shape index (κ3) is 4.47. The normalized spacial score (nSPS) is 18.5. The van der Waals surface area contributed by atoms with E-state index in [9.17, 15) is 4.79 Å². The van der Waals surface area contributed by atoms with Crippen LogP contribution >= 0.6 is 0 Å². The third-order valence-electron chi connectivity index (χ3n) is 5.21. The maximum atomic E-state index is 12.8. The minimum atomic E-state index is -0.128. The van der Waals surface area contributed by atoms with Gasteiger partial charge >= 0.3 is 0 Å². The Morgan fingerprint density at radius 1 is 1.17 bits per heavy atom. The van der Waals surface area contributed by atoms with Crippen molar-refractivity contribution in [3.05, 3.63) is 66.0 Å². The number of hydrogen-bond donors (Lipinski definition) is 0. The van der Waals surface area contributed by atoms with E-state index >= 15 is 0 Å². The van der Waals surface area contributed by atoms with Crippen molar-refractivity contribution in [2.24, 2.45) is 5.92 Å². The molecule has 29 heavy (non-hydrogen) atoms. The van der Waals surface area contributed by atoms with Gasteiger partial charge in [0.25, 0.3) is 0 Å². The van der Waals surface area contributed by atoms with E-state index in [1.54, 1.807) is 11.0 Å². The van der Waals surface area contributed by atoms with E-state index in [-0.39, 0.29) is 18.5 Å². The molecule has 0 N–H and O–H groups in total. The topological polar surface area (TPSA) is 72.4 Å². The molecule has 0 radical (unpaired) electrons. The Morgan fingerprint density at radius 3 is 2.62 bits per heavy atom. The third-order valence-corrected chi connectivity index (χ3v) is 5.21. The van der Waals surface area contributed by atoms with Gasteiger partial charge in [-0.15, -0.1) is 10.2 Å². The van der Waals surface area contributed by atoms with Gasteiger partial charge in [0.05, 0.1) is 6.54 Å². The molecule has 0 bridgehead atoms.